The van der Waals surface area contributed by atoms with E-state index in [0.717, 1.165) is 24.9 Å². The molecule has 33 heavy (non-hydrogen) atoms. The summed E-state index contributed by atoms with van der Waals surface area (Å²) >= 11 is 0. The van der Waals surface area contributed by atoms with Crippen molar-refractivity contribution in [1.29, 1.82) is 0 Å². The molecule has 14 heteroatoms. The third kappa shape index (κ3) is 14.2. The molecule has 0 saturated carbocycles. The Balaban J connectivity index is 0. The highest BCUT2D eigenvalue weighted by molar-refractivity contribution is 7.89. The molecule has 1 aliphatic rings. The number of sulfonamides is 1. The molecule has 0 radical (unpaired) electrons. The summed E-state index contributed by atoms with van der Waals surface area (Å²) in [5, 5.41) is 39.7. The van der Waals surface area contributed by atoms with Crippen LogP contribution in [0.25, 0.3) is 0 Å². The molecule has 1 heterocycles. The molecule has 2 rings (SSSR count). The van der Waals surface area contributed by atoms with E-state index in [1.807, 2.05) is 6.07 Å². The summed E-state index contributed by atoms with van der Waals surface area (Å²) in [6.45, 7) is 3.02. The van der Waals surface area contributed by atoms with Crippen LogP contribution in [0.15, 0.2) is 47.4 Å². The van der Waals surface area contributed by atoms with E-state index in [4.69, 9.17) is 25.6 Å². The van der Waals surface area contributed by atoms with E-state index in [1.165, 1.54) is 5.56 Å². The molecule has 0 bridgehead atoms. The summed E-state index contributed by atoms with van der Waals surface area (Å²) in [5.41, 5.74) is 2.29. The van der Waals surface area contributed by atoms with E-state index in [1.54, 1.807) is 12.1 Å². The smallest absolute Gasteiger partial charge is 0.328 e. The van der Waals surface area contributed by atoms with Crippen LogP contribution in [0.2, 0.25) is 0 Å². The molecule has 1 aromatic rings. The maximum absolute atomic E-state index is 11.3. The van der Waals surface area contributed by atoms with Gasteiger partial charge in [0, 0.05) is 30.3 Å². The molecule has 0 aliphatic carbocycles. The van der Waals surface area contributed by atoms with Crippen LogP contribution in [0.1, 0.15) is 30.5 Å². The maximum atomic E-state index is 11.3. The average molecular weight is 490 g/mol. The van der Waals surface area contributed by atoms with Crippen LogP contribution in [0.5, 0.6) is 0 Å². The first kappa shape index (κ1) is 31.6. The number of aliphatic carboxylic acids is 4. The molecular weight excluding hydrogens is 464 g/mol. The quantitative estimate of drug-likeness (QED) is 0.278. The zero-order valence-corrected chi connectivity index (χ0v) is 18.3. The Morgan fingerprint density at radius 1 is 0.970 bits per heavy atom. The number of nitrogens with two attached hydrogens (primary N) is 1. The molecule has 0 spiro atoms. The third-order valence-corrected chi connectivity index (χ3v) is 4.66. The second kappa shape index (κ2) is 15.3. The van der Waals surface area contributed by atoms with Crippen LogP contribution in [0.4, 0.5) is 0 Å². The fourth-order valence-corrected chi connectivity index (χ4v) is 2.99. The standard InChI is InChI=1S/C11H16N2O2S.2C4H4O4.H2O/c1-2-11-10-7-9(16(12,14)15)4-3-8(10)5-6-13-11;2*5-3(6)1-2-4(7)8;/h3-4,7,11,13H,2,5-6H2,1H3,(H2,12,14,15);2*1-2H,(H,5,6)(H,7,8);1H2/b;2*2-1+;. The maximum Gasteiger partial charge on any atom is 0.328 e. The number of rotatable bonds is 6. The molecule has 1 unspecified atom stereocenters. The highest BCUT2D eigenvalue weighted by Gasteiger charge is 2.20. The van der Waals surface area contributed by atoms with Crippen molar-refractivity contribution >= 4 is 33.9 Å². The molecule has 13 nitrogen and oxygen atoms in total. The molecule has 0 aromatic heterocycles. The monoisotopic (exact) mass is 490 g/mol. The Morgan fingerprint density at radius 2 is 1.39 bits per heavy atom. The van der Waals surface area contributed by atoms with Crippen molar-refractivity contribution in [3.05, 3.63) is 53.6 Å². The van der Waals surface area contributed by atoms with E-state index in [-0.39, 0.29) is 16.4 Å². The van der Waals surface area contributed by atoms with Crippen LogP contribution >= 0.6 is 0 Å². The number of nitrogens with one attached hydrogen (secondary N) is 1. The molecule has 1 aliphatic heterocycles. The fraction of sp³-hybridized carbons (Fsp3) is 0.263. The Labute approximate surface area is 189 Å². The summed E-state index contributed by atoms with van der Waals surface area (Å²) < 4.78 is 22.5. The van der Waals surface area contributed by atoms with E-state index in [0.29, 0.717) is 24.3 Å². The molecular formula is C19H26N2O11S. The minimum Gasteiger partial charge on any atom is -0.478 e. The molecule has 9 N–H and O–H groups in total. The third-order valence-electron chi connectivity index (χ3n) is 3.75. The molecule has 1 aromatic carbocycles. The van der Waals surface area contributed by atoms with Crippen molar-refractivity contribution in [2.45, 2.75) is 30.7 Å². The number of benzene rings is 1. The topological polar surface area (TPSA) is 253 Å². The summed E-state index contributed by atoms with van der Waals surface area (Å²) in [6, 6.07) is 5.40. The van der Waals surface area contributed by atoms with Gasteiger partial charge < -0.3 is 31.2 Å². The van der Waals surface area contributed by atoms with Crippen molar-refractivity contribution in [2.75, 3.05) is 6.54 Å². The number of primary sulfonamides is 1. The second-order valence-electron chi connectivity index (χ2n) is 6.09. The number of fused-ring (bicyclic) bond motifs is 1. The zero-order valence-electron chi connectivity index (χ0n) is 17.5. The van der Waals surface area contributed by atoms with Gasteiger partial charge in [0.25, 0.3) is 0 Å². The highest BCUT2D eigenvalue weighted by Crippen LogP contribution is 2.27. The predicted molar refractivity (Wildman–Crippen MR) is 115 cm³/mol. The first-order chi connectivity index (χ1) is 14.8. The van der Waals surface area contributed by atoms with Crippen LogP contribution in [-0.4, -0.2) is 64.7 Å². The van der Waals surface area contributed by atoms with E-state index in [9.17, 15) is 27.6 Å². The largest absolute Gasteiger partial charge is 0.478 e. The van der Waals surface area contributed by atoms with Gasteiger partial charge in [-0.25, -0.2) is 32.7 Å². The Kier molecular flexibility index (Phi) is 14.6. The SMILES string of the molecule is CCC1NCCc2ccc(S(N)(=O)=O)cc21.O.O=C(O)/C=C/C(=O)O.O=C(O)/C=C/C(=O)O. The molecule has 0 saturated heterocycles. The summed E-state index contributed by atoms with van der Waals surface area (Å²) in [4.78, 5) is 38.4. The van der Waals surface area contributed by atoms with Gasteiger partial charge in [0.1, 0.15) is 0 Å². The van der Waals surface area contributed by atoms with E-state index >= 15 is 0 Å². The molecule has 184 valence electrons. The summed E-state index contributed by atoms with van der Waals surface area (Å²) in [5.74, 6) is -5.03. The van der Waals surface area contributed by atoms with Gasteiger partial charge in [-0.2, -0.15) is 0 Å². The van der Waals surface area contributed by atoms with Gasteiger partial charge in [-0.1, -0.05) is 13.0 Å². The van der Waals surface area contributed by atoms with E-state index < -0.39 is 33.9 Å². The Hall–Kier alpha value is -3.59. The lowest BCUT2D eigenvalue weighted by atomic mass is 9.93. The van der Waals surface area contributed by atoms with Crippen molar-refractivity contribution in [2.24, 2.45) is 5.14 Å². The van der Waals surface area contributed by atoms with Crippen molar-refractivity contribution in [1.82, 2.24) is 5.32 Å². The van der Waals surface area contributed by atoms with Crippen molar-refractivity contribution < 1.29 is 53.5 Å². The fourth-order valence-electron chi connectivity index (χ4n) is 2.44. The van der Waals surface area contributed by atoms with E-state index in [2.05, 4.69) is 12.2 Å². The van der Waals surface area contributed by atoms with Gasteiger partial charge in [0.05, 0.1) is 4.90 Å². The summed E-state index contributed by atoms with van der Waals surface area (Å²) in [7, 11) is -3.60. The van der Waals surface area contributed by atoms with Crippen LogP contribution in [0, 0.1) is 0 Å². The van der Waals surface area contributed by atoms with Gasteiger partial charge in [-0.3, -0.25) is 0 Å². The van der Waals surface area contributed by atoms with Gasteiger partial charge in [-0.05, 0) is 42.6 Å². The van der Waals surface area contributed by atoms with Crippen LogP contribution in [0.3, 0.4) is 0 Å². The normalized spacial score (nSPS) is 14.5. The predicted octanol–water partition coefficient (Wildman–Crippen LogP) is -0.470. The van der Waals surface area contributed by atoms with Gasteiger partial charge in [0.2, 0.25) is 10.0 Å². The lowest BCUT2D eigenvalue weighted by molar-refractivity contribution is -0.134. The van der Waals surface area contributed by atoms with Gasteiger partial charge >= 0.3 is 23.9 Å². The average Bonchev–Trinajstić information content (AvgIpc) is 2.70. The molecule has 0 amide bonds. The highest BCUT2D eigenvalue weighted by atomic mass is 32.2. The van der Waals surface area contributed by atoms with Gasteiger partial charge in [-0.15, -0.1) is 0 Å². The first-order valence-corrected chi connectivity index (χ1v) is 10.5. The number of carbonyl (C=O) groups is 4. The number of carboxylic acid groups (broad SMARTS) is 4. The Morgan fingerprint density at radius 3 is 1.73 bits per heavy atom. The summed E-state index contributed by atoms with van der Waals surface area (Å²) in [6.07, 6.45) is 4.12. The van der Waals surface area contributed by atoms with Crippen LogP contribution in [-0.2, 0) is 35.6 Å². The van der Waals surface area contributed by atoms with Crippen LogP contribution < -0.4 is 10.5 Å². The minimum absolute atomic E-state index is 0. The zero-order chi connectivity index (χ0) is 24.9. The minimum atomic E-state index is -3.60. The lowest BCUT2D eigenvalue weighted by Crippen LogP contribution is -2.29. The van der Waals surface area contributed by atoms with Crippen molar-refractivity contribution in [3.63, 3.8) is 0 Å². The number of hydrogen-bond donors (Lipinski definition) is 6. The Bertz CT molecular complexity index is 935. The first-order valence-electron chi connectivity index (χ1n) is 8.94. The van der Waals surface area contributed by atoms with Crippen molar-refractivity contribution in [3.8, 4) is 0 Å². The number of carboxylic acids is 4. The number of hydrogen-bond acceptors (Lipinski definition) is 7. The second-order valence-corrected chi connectivity index (χ2v) is 7.65. The van der Waals surface area contributed by atoms with Gasteiger partial charge in [0.15, 0.2) is 0 Å². The molecule has 1 atom stereocenters. The molecule has 0 fully saturated rings. The lowest BCUT2D eigenvalue weighted by Gasteiger charge is -2.26.